The number of rotatable bonds is 2. The first-order valence-corrected chi connectivity index (χ1v) is 4.86. The Bertz CT molecular complexity index is 377. The minimum absolute atomic E-state index is 0.154. The molecule has 1 aliphatic heterocycles. The molecule has 0 fully saturated rings. The highest BCUT2D eigenvalue weighted by atomic mass is 16.5. The normalized spacial score (nSPS) is 18.5. The van der Waals surface area contributed by atoms with Crippen LogP contribution in [0.3, 0.4) is 0 Å². The van der Waals surface area contributed by atoms with Crippen LogP contribution in [-0.4, -0.2) is 6.10 Å². The van der Waals surface area contributed by atoms with Gasteiger partial charge in [-0.1, -0.05) is 30.4 Å². The molecule has 0 amide bonds. The van der Waals surface area contributed by atoms with Gasteiger partial charge in [0, 0.05) is 12.0 Å². The summed E-state index contributed by atoms with van der Waals surface area (Å²) >= 11 is 0. The van der Waals surface area contributed by atoms with Gasteiger partial charge in [-0.15, -0.1) is 6.58 Å². The Hall–Kier alpha value is -1.50. The lowest BCUT2D eigenvalue weighted by molar-refractivity contribution is 0.248. The second kappa shape index (κ2) is 3.70. The number of benzene rings is 1. The van der Waals surface area contributed by atoms with Crippen LogP contribution in [-0.2, 0) is 0 Å². The molecule has 1 atom stereocenters. The fraction of sp³-hybridized carbons (Fsp3) is 0.231. The van der Waals surface area contributed by atoms with Crippen molar-refractivity contribution in [2.24, 2.45) is 0 Å². The van der Waals surface area contributed by atoms with Gasteiger partial charge in [-0.25, -0.2) is 0 Å². The first-order chi connectivity index (χ1) is 6.81. The van der Waals surface area contributed by atoms with Crippen LogP contribution in [0.4, 0.5) is 0 Å². The van der Waals surface area contributed by atoms with Crippen molar-refractivity contribution in [3.8, 4) is 5.75 Å². The number of hydrogen-bond donors (Lipinski definition) is 0. The van der Waals surface area contributed by atoms with Crippen molar-refractivity contribution < 1.29 is 4.74 Å². The molecule has 1 aromatic rings. The van der Waals surface area contributed by atoms with E-state index in [1.165, 1.54) is 11.1 Å². The molecule has 0 aliphatic carbocycles. The summed E-state index contributed by atoms with van der Waals surface area (Å²) in [7, 11) is 0. The lowest BCUT2D eigenvalue weighted by Gasteiger charge is -2.21. The average molecular weight is 186 g/mol. The molecule has 0 aromatic heterocycles. The summed E-state index contributed by atoms with van der Waals surface area (Å²) in [6, 6.07) is 6.20. The molecule has 0 N–H and O–H groups in total. The number of hydrogen-bond acceptors (Lipinski definition) is 1. The molecule has 1 aromatic carbocycles. The number of para-hydroxylation sites is 1. The van der Waals surface area contributed by atoms with Crippen LogP contribution in [0.2, 0.25) is 0 Å². The first kappa shape index (κ1) is 9.07. The van der Waals surface area contributed by atoms with Crippen LogP contribution in [0.1, 0.15) is 17.5 Å². The first-order valence-electron chi connectivity index (χ1n) is 4.86. The number of aryl methyl sites for hydroxylation is 1. The third-order valence-electron chi connectivity index (χ3n) is 2.40. The second-order valence-corrected chi connectivity index (χ2v) is 3.53. The summed E-state index contributed by atoms with van der Waals surface area (Å²) in [5, 5.41) is 0. The highest BCUT2D eigenvalue weighted by molar-refractivity contribution is 5.62. The van der Waals surface area contributed by atoms with Crippen LogP contribution in [0.25, 0.3) is 6.08 Å². The van der Waals surface area contributed by atoms with Gasteiger partial charge in [0.15, 0.2) is 0 Å². The van der Waals surface area contributed by atoms with E-state index in [0.29, 0.717) is 0 Å². The standard InChI is InChI=1S/C13H14O/c1-3-5-12-9-8-11-7-4-6-10(2)13(11)14-12/h3-4,6-9,12H,1,5H2,2H3. The van der Waals surface area contributed by atoms with Gasteiger partial charge in [0.1, 0.15) is 11.9 Å². The summed E-state index contributed by atoms with van der Waals surface area (Å²) in [5.74, 6) is 1.02. The van der Waals surface area contributed by atoms with E-state index in [9.17, 15) is 0 Å². The SMILES string of the molecule is C=CCC1C=Cc2cccc(C)c2O1. The van der Waals surface area contributed by atoms with Crippen molar-refractivity contribution in [1.82, 2.24) is 0 Å². The van der Waals surface area contributed by atoms with Gasteiger partial charge in [0.2, 0.25) is 0 Å². The Morgan fingerprint density at radius 3 is 3.14 bits per heavy atom. The number of ether oxygens (including phenoxy) is 1. The Balaban J connectivity index is 2.32. The van der Waals surface area contributed by atoms with Crippen molar-refractivity contribution in [2.75, 3.05) is 0 Å². The Labute approximate surface area is 84.7 Å². The minimum Gasteiger partial charge on any atom is -0.485 e. The minimum atomic E-state index is 0.154. The van der Waals surface area contributed by atoms with Crippen LogP contribution in [0.5, 0.6) is 5.75 Å². The molecule has 0 spiro atoms. The van der Waals surface area contributed by atoms with Crippen molar-refractivity contribution >= 4 is 6.08 Å². The van der Waals surface area contributed by atoms with Crippen LogP contribution >= 0.6 is 0 Å². The molecule has 1 aliphatic rings. The molecule has 72 valence electrons. The molecule has 0 bridgehead atoms. The maximum atomic E-state index is 5.85. The zero-order valence-corrected chi connectivity index (χ0v) is 8.36. The molecule has 0 saturated heterocycles. The monoisotopic (exact) mass is 186 g/mol. The fourth-order valence-corrected chi connectivity index (χ4v) is 1.66. The lowest BCUT2D eigenvalue weighted by Crippen LogP contribution is -2.16. The van der Waals surface area contributed by atoms with Gasteiger partial charge in [-0.05, 0) is 18.6 Å². The average Bonchev–Trinajstić information content (AvgIpc) is 2.20. The maximum Gasteiger partial charge on any atom is 0.130 e. The molecule has 1 unspecified atom stereocenters. The highest BCUT2D eigenvalue weighted by Crippen LogP contribution is 2.30. The van der Waals surface area contributed by atoms with Crippen LogP contribution in [0.15, 0.2) is 36.9 Å². The van der Waals surface area contributed by atoms with E-state index in [1.807, 2.05) is 6.08 Å². The smallest absolute Gasteiger partial charge is 0.130 e. The van der Waals surface area contributed by atoms with Gasteiger partial charge < -0.3 is 4.74 Å². The highest BCUT2D eigenvalue weighted by Gasteiger charge is 2.14. The molecular formula is C13H14O. The summed E-state index contributed by atoms with van der Waals surface area (Å²) in [4.78, 5) is 0. The molecule has 1 heterocycles. The Morgan fingerprint density at radius 1 is 1.50 bits per heavy atom. The Kier molecular flexibility index (Phi) is 2.40. The predicted molar refractivity (Wildman–Crippen MR) is 59.4 cm³/mol. The summed E-state index contributed by atoms with van der Waals surface area (Å²) in [6.07, 6.45) is 7.12. The maximum absolute atomic E-state index is 5.85. The Morgan fingerprint density at radius 2 is 2.36 bits per heavy atom. The van der Waals surface area contributed by atoms with E-state index in [4.69, 9.17) is 4.74 Å². The number of fused-ring (bicyclic) bond motifs is 1. The van der Waals surface area contributed by atoms with E-state index in [2.05, 4.69) is 43.9 Å². The summed E-state index contributed by atoms with van der Waals surface area (Å²) in [5.41, 5.74) is 2.37. The molecule has 0 saturated carbocycles. The summed E-state index contributed by atoms with van der Waals surface area (Å²) < 4.78 is 5.85. The van der Waals surface area contributed by atoms with Crippen molar-refractivity contribution in [3.05, 3.63) is 48.1 Å². The van der Waals surface area contributed by atoms with Gasteiger partial charge in [-0.3, -0.25) is 0 Å². The summed E-state index contributed by atoms with van der Waals surface area (Å²) in [6.45, 7) is 5.79. The predicted octanol–water partition coefficient (Wildman–Crippen LogP) is 3.35. The molecule has 1 heteroatoms. The zero-order valence-electron chi connectivity index (χ0n) is 8.36. The fourth-order valence-electron chi connectivity index (χ4n) is 1.66. The van der Waals surface area contributed by atoms with Crippen molar-refractivity contribution in [2.45, 2.75) is 19.4 Å². The lowest BCUT2D eigenvalue weighted by atomic mass is 10.0. The second-order valence-electron chi connectivity index (χ2n) is 3.53. The quantitative estimate of drug-likeness (QED) is 0.643. The van der Waals surface area contributed by atoms with Gasteiger partial charge in [0.25, 0.3) is 0 Å². The van der Waals surface area contributed by atoms with E-state index in [-0.39, 0.29) is 6.10 Å². The van der Waals surface area contributed by atoms with Crippen molar-refractivity contribution in [1.29, 1.82) is 0 Å². The molecular weight excluding hydrogens is 172 g/mol. The van der Waals surface area contributed by atoms with Gasteiger partial charge in [-0.2, -0.15) is 0 Å². The van der Waals surface area contributed by atoms with E-state index in [1.54, 1.807) is 0 Å². The largest absolute Gasteiger partial charge is 0.485 e. The molecule has 0 radical (unpaired) electrons. The van der Waals surface area contributed by atoms with Gasteiger partial charge >= 0.3 is 0 Å². The molecule has 14 heavy (non-hydrogen) atoms. The van der Waals surface area contributed by atoms with Crippen molar-refractivity contribution in [3.63, 3.8) is 0 Å². The third-order valence-corrected chi connectivity index (χ3v) is 2.40. The topological polar surface area (TPSA) is 9.23 Å². The third kappa shape index (κ3) is 1.58. The van der Waals surface area contributed by atoms with E-state index < -0.39 is 0 Å². The van der Waals surface area contributed by atoms with E-state index >= 15 is 0 Å². The van der Waals surface area contributed by atoms with Crippen LogP contribution in [0, 0.1) is 6.92 Å². The van der Waals surface area contributed by atoms with Crippen LogP contribution < -0.4 is 4.74 Å². The molecule has 2 rings (SSSR count). The zero-order chi connectivity index (χ0) is 9.97. The van der Waals surface area contributed by atoms with E-state index in [0.717, 1.165) is 12.2 Å². The molecule has 1 nitrogen and oxygen atoms in total. The van der Waals surface area contributed by atoms with Gasteiger partial charge in [0.05, 0.1) is 0 Å².